The van der Waals surface area contributed by atoms with Gasteiger partial charge in [-0.25, -0.2) is 9.38 Å². The molecule has 1 aromatic heterocycles. The summed E-state index contributed by atoms with van der Waals surface area (Å²) in [7, 11) is 0. The largest absolute Gasteiger partial charge is 0.383 e. The molecule has 0 atom stereocenters. The second-order valence-corrected chi connectivity index (χ2v) is 3.22. The van der Waals surface area contributed by atoms with E-state index in [9.17, 15) is 4.39 Å². The minimum Gasteiger partial charge on any atom is -0.383 e. The van der Waals surface area contributed by atoms with E-state index >= 15 is 0 Å². The number of rotatable bonds is 2. The zero-order valence-electron chi connectivity index (χ0n) is 8.47. The van der Waals surface area contributed by atoms with Gasteiger partial charge in [0.1, 0.15) is 11.7 Å². The molecule has 80 valence electrons. The van der Waals surface area contributed by atoms with E-state index in [1.807, 2.05) is 6.07 Å². The van der Waals surface area contributed by atoms with Crippen LogP contribution in [0.4, 0.5) is 10.1 Å². The molecule has 0 saturated heterocycles. The third-order valence-corrected chi connectivity index (χ3v) is 2.03. The van der Waals surface area contributed by atoms with Crippen molar-refractivity contribution in [3.63, 3.8) is 0 Å². The second-order valence-electron chi connectivity index (χ2n) is 3.22. The highest BCUT2D eigenvalue weighted by atomic mass is 19.1. The molecule has 1 aromatic carbocycles. The van der Waals surface area contributed by atoms with Crippen molar-refractivity contribution in [2.24, 2.45) is 10.7 Å². The van der Waals surface area contributed by atoms with Crippen molar-refractivity contribution in [2.75, 3.05) is 0 Å². The Morgan fingerprint density at radius 2 is 1.94 bits per heavy atom. The Balaban J connectivity index is 2.28. The molecule has 4 heteroatoms. The SMILES string of the molecule is NC(=Nc1ccc(F)cc1)c1cccnc1. The summed E-state index contributed by atoms with van der Waals surface area (Å²) in [5.41, 5.74) is 7.14. The number of nitrogens with zero attached hydrogens (tertiary/aromatic N) is 2. The van der Waals surface area contributed by atoms with Crippen LogP contribution in [-0.4, -0.2) is 10.8 Å². The van der Waals surface area contributed by atoms with Gasteiger partial charge in [-0.1, -0.05) is 0 Å². The lowest BCUT2D eigenvalue weighted by atomic mass is 10.2. The summed E-state index contributed by atoms with van der Waals surface area (Å²) in [6.45, 7) is 0. The maximum absolute atomic E-state index is 12.7. The molecule has 0 spiro atoms. The van der Waals surface area contributed by atoms with Crippen molar-refractivity contribution in [1.29, 1.82) is 0 Å². The predicted octanol–water partition coefficient (Wildman–Crippen LogP) is 2.26. The fourth-order valence-electron chi connectivity index (χ4n) is 1.23. The third kappa shape index (κ3) is 2.42. The summed E-state index contributed by atoms with van der Waals surface area (Å²) in [4.78, 5) is 8.10. The van der Waals surface area contributed by atoms with E-state index < -0.39 is 0 Å². The lowest BCUT2D eigenvalue weighted by molar-refractivity contribution is 0.628. The Bertz CT molecular complexity index is 491. The summed E-state index contributed by atoms with van der Waals surface area (Å²) in [6.07, 6.45) is 3.29. The molecular weight excluding hydrogens is 205 g/mol. The van der Waals surface area contributed by atoms with E-state index in [4.69, 9.17) is 5.73 Å². The van der Waals surface area contributed by atoms with Crippen molar-refractivity contribution in [2.45, 2.75) is 0 Å². The first-order chi connectivity index (χ1) is 7.75. The molecule has 0 amide bonds. The van der Waals surface area contributed by atoms with Gasteiger partial charge in [-0.2, -0.15) is 0 Å². The summed E-state index contributed by atoms with van der Waals surface area (Å²) < 4.78 is 12.7. The number of nitrogens with two attached hydrogens (primary N) is 1. The van der Waals surface area contributed by atoms with Gasteiger partial charge in [0.05, 0.1) is 5.69 Å². The molecule has 2 rings (SSSR count). The minimum atomic E-state index is -0.293. The van der Waals surface area contributed by atoms with Gasteiger partial charge in [-0.05, 0) is 36.4 Å². The van der Waals surface area contributed by atoms with Crippen LogP contribution in [0.1, 0.15) is 5.56 Å². The molecule has 1 heterocycles. The van der Waals surface area contributed by atoms with E-state index in [0.29, 0.717) is 11.5 Å². The molecule has 0 aliphatic carbocycles. The average Bonchev–Trinajstić information content (AvgIpc) is 2.33. The number of benzene rings is 1. The fourth-order valence-corrected chi connectivity index (χ4v) is 1.23. The average molecular weight is 215 g/mol. The van der Waals surface area contributed by atoms with Crippen LogP contribution in [0, 0.1) is 5.82 Å². The summed E-state index contributed by atoms with van der Waals surface area (Å²) in [5.74, 6) is 0.0682. The number of pyridine rings is 1. The van der Waals surface area contributed by atoms with Crippen LogP contribution in [-0.2, 0) is 0 Å². The van der Waals surface area contributed by atoms with E-state index in [1.54, 1.807) is 30.6 Å². The molecule has 0 aliphatic rings. The van der Waals surface area contributed by atoms with Gasteiger partial charge >= 0.3 is 0 Å². The van der Waals surface area contributed by atoms with Gasteiger partial charge in [0.2, 0.25) is 0 Å². The van der Waals surface area contributed by atoms with Crippen LogP contribution in [0.15, 0.2) is 53.8 Å². The molecule has 0 unspecified atom stereocenters. The number of aromatic nitrogens is 1. The molecule has 0 saturated carbocycles. The van der Waals surface area contributed by atoms with Crippen molar-refractivity contribution in [1.82, 2.24) is 4.98 Å². The highest BCUT2D eigenvalue weighted by molar-refractivity contribution is 5.98. The molecule has 0 radical (unpaired) electrons. The number of halogens is 1. The van der Waals surface area contributed by atoms with Crippen molar-refractivity contribution >= 4 is 11.5 Å². The van der Waals surface area contributed by atoms with E-state index in [1.165, 1.54) is 12.1 Å². The number of aliphatic imine (C=N–C) groups is 1. The molecule has 2 N–H and O–H groups in total. The Morgan fingerprint density at radius 3 is 2.56 bits per heavy atom. The quantitative estimate of drug-likeness (QED) is 0.617. The molecule has 0 bridgehead atoms. The van der Waals surface area contributed by atoms with Crippen LogP contribution in [0.2, 0.25) is 0 Å². The first-order valence-electron chi connectivity index (χ1n) is 4.76. The normalized spacial score (nSPS) is 11.4. The zero-order chi connectivity index (χ0) is 11.4. The minimum absolute atomic E-state index is 0.293. The molecule has 0 aliphatic heterocycles. The topological polar surface area (TPSA) is 51.3 Å². The monoisotopic (exact) mass is 215 g/mol. The maximum Gasteiger partial charge on any atom is 0.132 e. The first kappa shape index (κ1) is 10.3. The molecule has 2 aromatic rings. The van der Waals surface area contributed by atoms with Gasteiger partial charge in [0, 0.05) is 18.0 Å². The van der Waals surface area contributed by atoms with Crippen molar-refractivity contribution in [3.05, 3.63) is 60.2 Å². The number of amidine groups is 1. The van der Waals surface area contributed by atoms with Crippen LogP contribution < -0.4 is 5.73 Å². The zero-order valence-corrected chi connectivity index (χ0v) is 8.47. The van der Waals surface area contributed by atoms with Crippen LogP contribution in [0.25, 0.3) is 0 Å². The number of hydrogen-bond acceptors (Lipinski definition) is 2. The van der Waals surface area contributed by atoms with Gasteiger partial charge in [-0.3, -0.25) is 4.98 Å². The Morgan fingerprint density at radius 1 is 1.19 bits per heavy atom. The summed E-state index contributed by atoms with van der Waals surface area (Å²) in [5, 5.41) is 0. The standard InChI is InChI=1S/C12H10FN3/c13-10-3-5-11(6-4-10)16-12(14)9-2-1-7-15-8-9/h1-8H,(H2,14,16). The molecule has 3 nitrogen and oxygen atoms in total. The second kappa shape index (κ2) is 4.53. The fraction of sp³-hybridized carbons (Fsp3) is 0. The van der Waals surface area contributed by atoms with E-state index in [2.05, 4.69) is 9.98 Å². The van der Waals surface area contributed by atoms with Crippen LogP contribution >= 0.6 is 0 Å². The maximum atomic E-state index is 12.7. The number of hydrogen-bond donors (Lipinski definition) is 1. The Hall–Kier alpha value is -2.23. The predicted molar refractivity (Wildman–Crippen MR) is 61.0 cm³/mol. The van der Waals surface area contributed by atoms with Gasteiger partial charge < -0.3 is 5.73 Å². The third-order valence-electron chi connectivity index (χ3n) is 2.03. The lowest BCUT2D eigenvalue weighted by Crippen LogP contribution is -2.12. The molecule has 0 fully saturated rings. The van der Waals surface area contributed by atoms with Gasteiger partial charge in [0.15, 0.2) is 0 Å². The smallest absolute Gasteiger partial charge is 0.132 e. The highest BCUT2D eigenvalue weighted by Crippen LogP contribution is 2.13. The van der Waals surface area contributed by atoms with Gasteiger partial charge in [-0.15, -0.1) is 0 Å². The van der Waals surface area contributed by atoms with Gasteiger partial charge in [0.25, 0.3) is 0 Å². The Kier molecular flexibility index (Phi) is 2.91. The summed E-state index contributed by atoms with van der Waals surface area (Å²) in [6, 6.07) is 9.42. The van der Waals surface area contributed by atoms with Crippen LogP contribution in [0.3, 0.4) is 0 Å². The highest BCUT2D eigenvalue weighted by Gasteiger charge is 1.98. The molecule has 16 heavy (non-hydrogen) atoms. The molecular formula is C12H10FN3. The van der Waals surface area contributed by atoms with E-state index in [0.717, 1.165) is 5.56 Å². The lowest BCUT2D eigenvalue weighted by Gasteiger charge is -1.99. The van der Waals surface area contributed by atoms with Crippen molar-refractivity contribution < 1.29 is 4.39 Å². The van der Waals surface area contributed by atoms with Crippen LogP contribution in [0.5, 0.6) is 0 Å². The van der Waals surface area contributed by atoms with E-state index in [-0.39, 0.29) is 5.82 Å². The first-order valence-corrected chi connectivity index (χ1v) is 4.76. The van der Waals surface area contributed by atoms with Crippen molar-refractivity contribution in [3.8, 4) is 0 Å². The Labute approximate surface area is 92.5 Å². The summed E-state index contributed by atoms with van der Waals surface area (Å²) >= 11 is 0.